The predicted octanol–water partition coefficient (Wildman–Crippen LogP) is 1.76. The number of likely N-dealkylation sites (tertiary alicyclic amines) is 1. The molecule has 1 aliphatic heterocycles. The molecular weight excluding hydrogens is 343 g/mol. The maximum absolute atomic E-state index is 12.6. The number of hydrogen-bond donors (Lipinski definition) is 3. The first-order valence-corrected chi connectivity index (χ1v) is 7.39. The molecule has 1 heterocycles. The number of carbonyl (C=O) groups excluding carboxylic acids is 2. The van der Waals surface area contributed by atoms with Crippen LogP contribution in [0.2, 0.25) is 0 Å². The molecular formula is C15H16F3N3O4. The molecule has 0 bridgehead atoms. The highest BCUT2D eigenvalue weighted by molar-refractivity contribution is 5.95. The normalized spacial score (nSPS) is 17.2. The molecule has 2 rings (SSSR count). The van der Waals surface area contributed by atoms with E-state index in [4.69, 9.17) is 5.11 Å². The van der Waals surface area contributed by atoms with Gasteiger partial charge in [-0.1, -0.05) is 6.07 Å². The highest BCUT2D eigenvalue weighted by Crippen LogP contribution is 2.30. The van der Waals surface area contributed by atoms with Crippen LogP contribution < -0.4 is 10.6 Å². The number of carboxylic acid groups (broad SMARTS) is 1. The minimum absolute atomic E-state index is 0.0352. The van der Waals surface area contributed by atoms with Crippen molar-refractivity contribution >= 4 is 23.6 Å². The lowest BCUT2D eigenvalue weighted by molar-refractivity contribution is -0.137. The summed E-state index contributed by atoms with van der Waals surface area (Å²) in [6.45, 7) is -0.126. The number of rotatable bonds is 4. The van der Waals surface area contributed by atoms with Crippen molar-refractivity contribution < 1.29 is 32.7 Å². The summed E-state index contributed by atoms with van der Waals surface area (Å²) < 4.78 is 37.8. The van der Waals surface area contributed by atoms with E-state index in [1.807, 2.05) is 0 Å². The molecule has 0 radical (unpaired) electrons. The lowest BCUT2D eigenvalue weighted by atomic mass is 10.1. The lowest BCUT2D eigenvalue weighted by Crippen LogP contribution is -2.38. The molecule has 1 aromatic rings. The van der Waals surface area contributed by atoms with Gasteiger partial charge in [0, 0.05) is 18.8 Å². The maximum Gasteiger partial charge on any atom is 0.416 e. The van der Waals surface area contributed by atoms with E-state index in [2.05, 4.69) is 10.6 Å². The molecule has 7 nitrogen and oxygen atoms in total. The number of carbonyl (C=O) groups is 3. The third kappa shape index (κ3) is 5.10. The molecule has 3 amide bonds. The van der Waals surface area contributed by atoms with E-state index in [-0.39, 0.29) is 18.8 Å². The first kappa shape index (κ1) is 18.6. The molecule has 0 unspecified atom stereocenters. The van der Waals surface area contributed by atoms with Crippen LogP contribution >= 0.6 is 0 Å². The van der Waals surface area contributed by atoms with E-state index >= 15 is 0 Å². The van der Waals surface area contributed by atoms with Gasteiger partial charge in [-0.05, 0) is 24.6 Å². The molecule has 0 aromatic heterocycles. The maximum atomic E-state index is 12.6. The van der Waals surface area contributed by atoms with E-state index < -0.39 is 42.1 Å². The van der Waals surface area contributed by atoms with Crippen LogP contribution in [0.4, 0.5) is 23.7 Å². The van der Waals surface area contributed by atoms with Crippen molar-refractivity contribution in [1.29, 1.82) is 0 Å². The Balaban J connectivity index is 1.83. The largest absolute Gasteiger partial charge is 0.465 e. The number of anilines is 1. The Morgan fingerprint density at radius 2 is 2.00 bits per heavy atom. The Morgan fingerprint density at radius 1 is 1.28 bits per heavy atom. The van der Waals surface area contributed by atoms with Crippen LogP contribution in [0.3, 0.4) is 0 Å². The van der Waals surface area contributed by atoms with Crippen LogP contribution in [0.1, 0.15) is 12.0 Å². The molecule has 136 valence electrons. The van der Waals surface area contributed by atoms with Crippen molar-refractivity contribution in [3.05, 3.63) is 29.8 Å². The Hall–Kier alpha value is -2.78. The van der Waals surface area contributed by atoms with Crippen LogP contribution in [0.15, 0.2) is 24.3 Å². The first-order valence-electron chi connectivity index (χ1n) is 7.39. The van der Waals surface area contributed by atoms with Crippen LogP contribution in [0.5, 0.6) is 0 Å². The summed E-state index contributed by atoms with van der Waals surface area (Å²) in [5.41, 5.74) is -0.930. The number of nitrogens with zero attached hydrogens (tertiary/aromatic N) is 1. The highest BCUT2D eigenvalue weighted by Gasteiger charge is 2.31. The zero-order chi connectivity index (χ0) is 18.6. The monoisotopic (exact) mass is 359 g/mol. The molecule has 1 fully saturated rings. The Bertz CT molecular complexity index is 678. The zero-order valence-electron chi connectivity index (χ0n) is 13.0. The number of nitrogens with one attached hydrogen (secondary N) is 2. The molecule has 25 heavy (non-hydrogen) atoms. The van der Waals surface area contributed by atoms with Gasteiger partial charge in [0.25, 0.3) is 0 Å². The molecule has 1 aliphatic rings. The van der Waals surface area contributed by atoms with Crippen molar-refractivity contribution in [1.82, 2.24) is 10.2 Å². The molecule has 10 heteroatoms. The number of benzene rings is 1. The van der Waals surface area contributed by atoms with E-state index in [0.29, 0.717) is 6.42 Å². The molecule has 0 aliphatic carbocycles. The summed E-state index contributed by atoms with van der Waals surface area (Å²) >= 11 is 0. The Kier molecular flexibility index (Phi) is 5.50. The number of hydrogen-bond acceptors (Lipinski definition) is 3. The van der Waals surface area contributed by atoms with Crippen molar-refractivity contribution in [2.24, 2.45) is 5.92 Å². The van der Waals surface area contributed by atoms with Gasteiger partial charge in [-0.15, -0.1) is 0 Å². The number of alkyl halides is 3. The average Bonchev–Trinajstić information content (AvgIpc) is 3.02. The van der Waals surface area contributed by atoms with Crippen LogP contribution in [0, 0.1) is 5.92 Å². The van der Waals surface area contributed by atoms with E-state index in [1.165, 1.54) is 6.07 Å². The minimum atomic E-state index is -4.52. The van der Waals surface area contributed by atoms with Gasteiger partial charge in [0.05, 0.1) is 18.0 Å². The Morgan fingerprint density at radius 3 is 2.60 bits per heavy atom. The number of halogens is 3. The highest BCUT2D eigenvalue weighted by atomic mass is 19.4. The summed E-state index contributed by atoms with van der Waals surface area (Å²) in [6, 6.07) is 4.14. The van der Waals surface area contributed by atoms with Crippen molar-refractivity contribution in [3.63, 3.8) is 0 Å². The fourth-order valence-electron chi connectivity index (χ4n) is 2.44. The molecule has 0 saturated carbocycles. The predicted molar refractivity (Wildman–Crippen MR) is 80.8 cm³/mol. The fourth-order valence-corrected chi connectivity index (χ4v) is 2.44. The van der Waals surface area contributed by atoms with Gasteiger partial charge in [0.1, 0.15) is 0 Å². The summed E-state index contributed by atoms with van der Waals surface area (Å²) in [5.74, 6) is -1.69. The van der Waals surface area contributed by atoms with Crippen molar-refractivity contribution in [2.75, 3.05) is 25.0 Å². The molecule has 1 atom stereocenters. The summed E-state index contributed by atoms with van der Waals surface area (Å²) in [5, 5.41) is 13.5. The van der Waals surface area contributed by atoms with Crippen molar-refractivity contribution in [2.45, 2.75) is 12.6 Å². The SMILES string of the molecule is O=C(CNC(=O)[C@@H]1CCN(C(=O)O)C1)Nc1cccc(C(F)(F)F)c1. The van der Waals surface area contributed by atoms with E-state index in [9.17, 15) is 27.6 Å². The summed E-state index contributed by atoms with van der Waals surface area (Å²) in [7, 11) is 0. The van der Waals surface area contributed by atoms with E-state index in [1.54, 1.807) is 0 Å². The van der Waals surface area contributed by atoms with Gasteiger partial charge in [0.15, 0.2) is 0 Å². The average molecular weight is 359 g/mol. The van der Waals surface area contributed by atoms with Gasteiger partial charge < -0.3 is 20.6 Å². The van der Waals surface area contributed by atoms with Crippen molar-refractivity contribution in [3.8, 4) is 0 Å². The van der Waals surface area contributed by atoms with Crippen LogP contribution in [-0.4, -0.2) is 47.5 Å². The third-order valence-electron chi connectivity index (χ3n) is 3.73. The second-order valence-electron chi connectivity index (χ2n) is 5.56. The molecule has 0 spiro atoms. The lowest BCUT2D eigenvalue weighted by Gasteiger charge is -2.13. The first-order chi connectivity index (χ1) is 11.7. The van der Waals surface area contributed by atoms with Gasteiger partial charge in [0.2, 0.25) is 11.8 Å². The second kappa shape index (κ2) is 7.41. The standard InChI is InChI=1S/C15H16F3N3O4/c16-15(17,18)10-2-1-3-11(6-10)20-12(22)7-19-13(23)9-4-5-21(8-9)14(24)25/h1-3,6,9H,4-5,7-8H2,(H,19,23)(H,20,22)(H,24,25)/t9-/m1/s1. The topological polar surface area (TPSA) is 98.7 Å². The third-order valence-corrected chi connectivity index (χ3v) is 3.73. The molecule has 1 aromatic carbocycles. The minimum Gasteiger partial charge on any atom is -0.465 e. The van der Waals surface area contributed by atoms with Gasteiger partial charge in [-0.2, -0.15) is 13.2 Å². The van der Waals surface area contributed by atoms with Crippen LogP contribution in [-0.2, 0) is 15.8 Å². The van der Waals surface area contributed by atoms with Gasteiger partial charge >= 0.3 is 12.3 Å². The molecule has 1 saturated heterocycles. The van der Waals surface area contributed by atoms with E-state index in [0.717, 1.165) is 23.1 Å². The summed E-state index contributed by atoms with van der Waals surface area (Å²) in [4.78, 5) is 35.5. The fraction of sp³-hybridized carbons (Fsp3) is 0.400. The molecule has 3 N–H and O–H groups in total. The quantitative estimate of drug-likeness (QED) is 0.763. The van der Waals surface area contributed by atoms with Crippen LogP contribution in [0.25, 0.3) is 0 Å². The smallest absolute Gasteiger partial charge is 0.416 e. The second-order valence-corrected chi connectivity index (χ2v) is 5.56. The summed E-state index contributed by atoms with van der Waals surface area (Å²) in [6.07, 6.45) is -5.28. The zero-order valence-corrected chi connectivity index (χ0v) is 13.0. The van der Waals surface area contributed by atoms with Gasteiger partial charge in [-0.3, -0.25) is 9.59 Å². The Labute approximate surface area is 140 Å². The number of amides is 3. The van der Waals surface area contributed by atoms with Gasteiger partial charge in [-0.25, -0.2) is 4.79 Å².